The van der Waals surface area contributed by atoms with Crippen molar-refractivity contribution in [3.63, 3.8) is 0 Å². The van der Waals surface area contributed by atoms with E-state index in [1.165, 1.54) is 44.2 Å². The van der Waals surface area contributed by atoms with E-state index in [0.29, 0.717) is 80.5 Å². The molecular formula is C45H62N8O9. The van der Waals surface area contributed by atoms with Crippen LogP contribution in [0.2, 0.25) is 0 Å². The van der Waals surface area contributed by atoms with Gasteiger partial charge in [-0.2, -0.15) is 0 Å². The van der Waals surface area contributed by atoms with Gasteiger partial charge in [-0.15, -0.1) is 0 Å². The summed E-state index contributed by atoms with van der Waals surface area (Å²) in [6.45, 7) is 9.37. The Hall–Kier alpha value is -4.99. The summed E-state index contributed by atoms with van der Waals surface area (Å²) < 4.78 is 21.2. The van der Waals surface area contributed by atoms with Crippen molar-refractivity contribution in [1.29, 1.82) is 0 Å². The van der Waals surface area contributed by atoms with Crippen LogP contribution in [0.5, 0.6) is 5.75 Å². The van der Waals surface area contributed by atoms with E-state index in [-0.39, 0.29) is 64.4 Å². The summed E-state index contributed by atoms with van der Waals surface area (Å²) in [6.07, 6.45) is 11.7. The fourth-order valence-corrected chi connectivity index (χ4v) is 12.4. The van der Waals surface area contributed by atoms with Crippen molar-refractivity contribution in [3.05, 3.63) is 62.5 Å². The highest BCUT2D eigenvalue weighted by molar-refractivity contribution is 5.95. The van der Waals surface area contributed by atoms with E-state index in [1.807, 2.05) is 0 Å². The van der Waals surface area contributed by atoms with Crippen LogP contribution in [0.1, 0.15) is 97.0 Å². The molecule has 3 aromatic rings. The van der Waals surface area contributed by atoms with Crippen molar-refractivity contribution in [1.82, 2.24) is 15.6 Å². The number of benzene rings is 2. The molecule has 62 heavy (non-hydrogen) atoms. The maximum Gasteiger partial charge on any atom is 0.305 e. The van der Waals surface area contributed by atoms with Gasteiger partial charge >= 0.3 is 11.7 Å². The number of azide groups is 1. The average Bonchev–Trinajstić information content (AvgIpc) is 3.89. The van der Waals surface area contributed by atoms with E-state index in [1.54, 1.807) is 24.3 Å². The van der Waals surface area contributed by atoms with Gasteiger partial charge in [-0.25, -0.2) is 4.63 Å². The summed E-state index contributed by atoms with van der Waals surface area (Å²) >= 11 is 0. The lowest BCUT2D eigenvalue weighted by molar-refractivity contribution is -0.383. The van der Waals surface area contributed by atoms with E-state index < -0.39 is 11.0 Å². The van der Waals surface area contributed by atoms with Crippen molar-refractivity contribution in [3.8, 4) is 5.75 Å². The Balaban J connectivity index is 0.912. The molecule has 1 aromatic heterocycles. The molecule has 4 fully saturated rings. The minimum atomic E-state index is -0.732. The number of nitro groups is 1. The van der Waals surface area contributed by atoms with E-state index in [4.69, 9.17) is 24.4 Å². The lowest BCUT2D eigenvalue weighted by Gasteiger charge is -2.61. The molecule has 0 bridgehead atoms. The van der Waals surface area contributed by atoms with Crippen LogP contribution in [0.15, 0.2) is 46.1 Å². The van der Waals surface area contributed by atoms with Crippen LogP contribution in [0.25, 0.3) is 21.5 Å². The highest BCUT2D eigenvalue weighted by Crippen LogP contribution is 2.68. The summed E-state index contributed by atoms with van der Waals surface area (Å²) in [5, 5.41) is 39.3. The summed E-state index contributed by atoms with van der Waals surface area (Å²) in [5.74, 6) is 3.38. The number of anilines is 1. The first-order valence-electron chi connectivity index (χ1n) is 22.5. The van der Waals surface area contributed by atoms with E-state index in [0.717, 1.165) is 37.7 Å². The van der Waals surface area contributed by atoms with Gasteiger partial charge in [-0.1, -0.05) is 38.0 Å². The molecule has 0 radical (unpaired) electrons. The maximum absolute atomic E-state index is 14.2. The number of carbonyl (C=O) groups is 2. The first-order chi connectivity index (χ1) is 29.9. The van der Waals surface area contributed by atoms with Crippen LogP contribution in [0, 0.1) is 56.5 Å². The summed E-state index contributed by atoms with van der Waals surface area (Å²) in [5.41, 5.74) is 9.99. The van der Waals surface area contributed by atoms with Crippen LogP contribution in [0.4, 0.5) is 11.4 Å². The number of rotatable bonds is 20. The second kappa shape index (κ2) is 20.0. The van der Waals surface area contributed by atoms with Gasteiger partial charge in [0.05, 0.1) is 37.0 Å². The SMILES string of the molecule is C[C@H](CCC(=O)OCCOCCOCCN=[N+]=[N-])C1CCC2C3CC[C@@H]4C[C@H](NC(=O)[C@H](Cc5ccc(O)cc5)Nc5ccc([N+](=O)[O-])c6nonc56)CC[C@]4(C)C3CC[C@@]21C. The number of hydrogen-bond acceptors (Lipinski definition) is 13. The molecule has 4 saturated carbocycles. The first kappa shape index (κ1) is 45.0. The molecule has 1 amide bonds. The number of nitro benzene ring substituents is 1. The molecule has 4 aliphatic carbocycles. The fraction of sp³-hybridized carbons (Fsp3) is 0.689. The van der Waals surface area contributed by atoms with Crippen LogP contribution in [-0.4, -0.2) is 83.9 Å². The molecular weight excluding hydrogens is 797 g/mol. The highest BCUT2D eigenvalue weighted by atomic mass is 16.6. The van der Waals surface area contributed by atoms with Gasteiger partial charge in [0.15, 0.2) is 5.52 Å². The van der Waals surface area contributed by atoms with Crippen LogP contribution in [-0.2, 0) is 30.2 Å². The Bertz CT molecular complexity index is 2080. The van der Waals surface area contributed by atoms with Crippen LogP contribution in [0.3, 0.4) is 0 Å². The van der Waals surface area contributed by atoms with Gasteiger partial charge in [-0.3, -0.25) is 19.7 Å². The number of amides is 1. The predicted molar refractivity (Wildman–Crippen MR) is 230 cm³/mol. The average molecular weight is 859 g/mol. The van der Waals surface area contributed by atoms with Crippen molar-refractivity contribution >= 4 is 34.3 Å². The molecule has 0 spiro atoms. The van der Waals surface area contributed by atoms with Crippen LogP contribution < -0.4 is 10.6 Å². The molecule has 4 unspecified atom stereocenters. The Labute approximate surface area is 362 Å². The lowest BCUT2D eigenvalue weighted by Crippen LogP contribution is -2.56. The monoisotopic (exact) mass is 858 g/mol. The summed E-state index contributed by atoms with van der Waals surface area (Å²) in [7, 11) is 0. The molecule has 1 heterocycles. The molecule has 10 atom stereocenters. The Morgan fingerprint density at radius 1 is 0.968 bits per heavy atom. The van der Waals surface area contributed by atoms with Gasteiger partial charge in [0, 0.05) is 36.4 Å². The molecule has 336 valence electrons. The molecule has 17 heteroatoms. The Morgan fingerprint density at radius 2 is 1.69 bits per heavy atom. The number of aromatic nitrogens is 2. The molecule has 0 saturated heterocycles. The smallest absolute Gasteiger partial charge is 0.305 e. The number of fused-ring (bicyclic) bond motifs is 6. The predicted octanol–water partition coefficient (Wildman–Crippen LogP) is 8.31. The zero-order valence-corrected chi connectivity index (χ0v) is 36.2. The normalized spacial score (nSPS) is 28.7. The second-order valence-electron chi connectivity index (χ2n) is 18.7. The van der Waals surface area contributed by atoms with Crippen LogP contribution >= 0.6 is 0 Å². The molecule has 2 aromatic carbocycles. The quantitative estimate of drug-likeness (QED) is 0.0185. The van der Waals surface area contributed by atoms with Gasteiger partial charge < -0.3 is 30.0 Å². The number of hydrogen-bond donors (Lipinski definition) is 3. The second-order valence-corrected chi connectivity index (χ2v) is 18.7. The van der Waals surface area contributed by atoms with Crippen molar-refractivity contribution in [2.75, 3.05) is 44.9 Å². The standard InChI is InChI=1S/C45H62N8O9/c1-28(4-15-40(55)61-25-24-60-23-22-59-21-20-47-52-46)34-11-12-35-33-10-7-30-27-31(16-18-44(30,2)36(33)17-19-45(34,35)3)48-43(56)38(26-29-5-8-32(54)9-6-29)49-37-13-14-39(53(57)58)42-41(37)50-62-51-42/h5-6,8-9,13-14,28,30-31,33-36,38,49,54H,4,7,10-12,15-27H2,1-3H3,(H,48,56)/t28-,30-,31-,33?,34?,35?,36?,38+,44+,45-/m1/s1. The van der Waals surface area contributed by atoms with Gasteiger partial charge in [-0.05, 0) is 150 Å². The number of phenolic OH excluding ortho intramolecular Hbond substituents is 1. The van der Waals surface area contributed by atoms with E-state index >= 15 is 0 Å². The number of nitrogens with one attached hydrogen (secondary N) is 2. The highest BCUT2D eigenvalue weighted by Gasteiger charge is 2.60. The zero-order chi connectivity index (χ0) is 43.9. The molecule has 3 N–H and O–H groups in total. The maximum atomic E-state index is 14.2. The molecule has 7 rings (SSSR count). The number of esters is 1. The molecule has 17 nitrogen and oxygen atoms in total. The van der Waals surface area contributed by atoms with Crippen molar-refractivity contribution < 1.29 is 38.5 Å². The Kier molecular flexibility index (Phi) is 14.5. The summed E-state index contributed by atoms with van der Waals surface area (Å²) in [6, 6.07) is 8.91. The minimum Gasteiger partial charge on any atom is -0.508 e. The topological polar surface area (TPSA) is 237 Å². The third-order valence-corrected chi connectivity index (χ3v) is 15.5. The van der Waals surface area contributed by atoms with Gasteiger partial charge in [0.1, 0.15) is 18.4 Å². The number of non-ortho nitro benzene ring substituents is 1. The van der Waals surface area contributed by atoms with Crippen molar-refractivity contribution in [2.24, 2.45) is 51.5 Å². The third kappa shape index (κ3) is 9.95. The van der Waals surface area contributed by atoms with Gasteiger partial charge in [0.25, 0.3) is 0 Å². The number of carbonyl (C=O) groups excluding carboxylic acids is 2. The zero-order valence-electron chi connectivity index (χ0n) is 36.2. The minimum absolute atomic E-state index is 0.00817. The number of phenols is 1. The summed E-state index contributed by atoms with van der Waals surface area (Å²) in [4.78, 5) is 40.6. The molecule has 4 aliphatic rings. The largest absolute Gasteiger partial charge is 0.508 e. The lowest BCUT2D eigenvalue weighted by atomic mass is 9.44. The Morgan fingerprint density at radius 3 is 2.47 bits per heavy atom. The number of ether oxygens (including phenoxy) is 3. The molecule has 0 aliphatic heterocycles. The van der Waals surface area contributed by atoms with Crippen molar-refractivity contribution in [2.45, 2.75) is 110 Å². The van der Waals surface area contributed by atoms with E-state index in [9.17, 15) is 24.8 Å². The number of nitrogens with zero attached hydrogens (tertiary/aromatic N) is 6. The number of aromatic hydroxyl groups is 1. The first-order valence-corrected chi connectivity index (χ1v) is 22.5. The fourth-order valence-electron chi connectivity index (χ4n) is 12.4. The van der Waals surface area contributed by atoms with E-state index in [2.05, 4.69) is 51.7 Å². The van der Waals surface area contributed by atoms with Gasteiger partial charge in [0.2, 0.25) is 11.4 Å². The third-order valence-electron chi connectivity index (χ3n) is 15.5.